The van der Waals surface area contributed by atoms with Crippen molar-refractivity contribution in [1.29, 1.82) is 0 Å². The Labute approximate surface area is 124 Å². The molecule has 0 saturated heterocycles. The Bertz CT molecular complexity index is 630. The van der Waals surface area contributed by atoms with E-state index in [1.165, 1.54) is 18.4 Å². The number of rotatable bonds is 4. The molecule has 0 aliphatic heterocycles. The zero-order chi connectivity index (χ0) is 13.9. The molecule has 0 amide bonds. The lowest BCUT2D eigenvalue weighted by atomic mass is 9.91. The van der Waals surface area contributed by atoms with Gasteiger partial charge in [0.15, 0.2) is 0 Å². The summed E-state index contributed by atoms with van der Waals surface area (Å²) in [6.07, 6.45) is 6.88. The topological polar surface area (TPSA) is 40.7 Å². The number of benzene rings is 1. The van der Waals surface area contributed by atoms with Crippen molar-refractivity contribution in [2.75, 3.05) is 6.54 Å². The molecule has 0 spiro atoms. The van der Waals surface area contributed by atoms with E-state index in [0.717, 1.165) is 41.0 Å². The molecule has 0 radical (unpaired) electrons. The predicted octanol–water partition coefficient (Wildman–Crippen LogP) is 4.15. The van der Waals surface area contributed by atoms with E-state index in [-0.39, 0.29) is 0 Å². The molecule has 1 unspecified atom stereocenters. The quantitative estimate of drug-likeness (QED) is 0.887. The molecule has 1 heterocycles. The second kappa shape index (κ2) is 5.98. The average Bonchev–Trinajstić information content (AvgIpc) is 2.91. The van der Waals surface area contributed by atoms with Gasteiger partial charge in [-0.3, -0.25) is 5.10 Å². The number of para-hydroxylation sites is 1. The van der Waals surface area contributed by atoms with E-state index in [9.17, 15) is 0 Å². The third kappa shape index (κ3) is 2.60. The summed E-state index contributed by atoms with van der Waals surface area (Å²) in [6.45, 7) is 3.29. The third-order valence-corrected chi connectivity index (χ3v) is 4.22. The van der Waals surface area contributed by atoms with Gasteiger partial charge in [0.05, 0.1) is 16.2 Å². The Morgan fingerprint density at radius 2 is 2.35 bits per heavy atom. The van der Waals surface area contributed by atoms with Gasteiger partial charge in [-0.2, -0.15) is 5.10 Å². The van der Waals surface area contributed by atoms with Crippen LogP contribution in [0, 0.1) is 0 Å². The van der Waals surface area contributed by atoms with E-state index in [0.29, 0.717) is 6.04 Å². The number of nitrogens with one attached hydrogen (secondary N) is 2. The summed E-state index contributed by atoms with van der Waals surface area (Å²) in [5.74, 6) is 0. The molecular formula is C16H20ClN3. The molecule has 1 aromatic carbocycles. The molecule has 1 aromatic heterocycles. The van der Waals surface area contributed by atoms with Crippen LogP contribution in [0.5, 0.6) is 0 Å². The first-order valence-corrected chi connectivity index (χ1v) is 7.72. The maximum atomic E-state index is 6.20. The van der Waals surface area contributed by atoms with E-state index in [4.69, 9.17) is 11.6 Å². The van der Waals surface area contributed by atoms with Crippen molar-refractivity contribution in [1.82, 2.24) is 15.5 Å². The Morgan fingerprint density at radius 3 is 3.20 bits per heavy atom. The lowest BCUT2D eigenvalue weighted by Crippen LogP contribution is -2.31. The summed E-state index contributed by atoms with van der Waals surface area (Å²) in [6, 6.07) is 6.54. The van der Waals surface area contributed by atoms with Gasteiger partial charge < -0.3 is 5.32 Å². The van der Waals surface area contributed by atoms with Gasteiger partial charge in [-0.05, 0) is 43.9 Å². The Balaban J connectivity index is 1.87. The number of aromatic nitrogens is 2. The number of halogens is 1. The van der Waals surface area contributed by atoms with Gasteiger partial charge in [0, 0.05) is 11.4 Å². The van der Waals surface area contributed by atoms with Crippen molar-refractivity contribution in [2.45, 2.75) is 38.6 Å². The predicted molar refractivity (Wildman–Crippen MR) is 85.0 cm³/mol. The highest BCUT2D eigenvalue weighted by Crippen LogP contribution is 2.32. The molecule has 106 valence electrons. The van der Waals surface area contributed by atoms with Crippen LogP contribution in [0.4, 0.5) is 0 Å². The van der Waals surface area contributed by atoms with Crippen molar-refractivity contribution in [2.24, 2.45) is 0 Å². The second-order valence-electron chi connectivity index (χ2n) is 5.40. The lowest BCUT2D eigenvalue weighted by Gasteiger charge is -2.23. The molecule has 0 fully saturated rings. The van der Waals surface area contributed by atoms with E-state index >= 15 is 0 Å². The molecule has 1 aliphatic rings. The minimum absolute atomic E-state index is 0.570. The van der Waals surface area contributed by atoms with E-state index in [2.05, 4.69) is 34.6 Å². The molecular weight excluding hydrogens is 270 g/mol. The number of hydrogen-bond donors (Lipinski definition) is 2. The fourth-order valence-corrected chi connectivity index (χ4v) is 3.09. The summed E-state index contributed by atoms with van der Waals surface area (Å²) in [5.41, 5.74) is 3.33. The molecule has 2 aromatic rings. The van der Waals surface area contributed by atoms with Crippen LogP contribution in [0.25, 0.3) is 16.5 Å². The van der Waals surface area contributed by atoms with Crippen LogP contribution in [0.15, 0.2) is 24.3 Å². The Hall–Kier alpha value is -1.32. The van der Waals surface area contributed by atoms with Crippen molar-refractivity contribution in [3.05, 3.63) is 35.0 Å². The first kappa shape index (κ1) is 13.7. The van der Waals surface area contributed by atoms with Crippen molar-refractivity contribution < 1.29 is 0 Å². The number of nitrogens with zero attached hydrogens (tertiary/aromatic N) is 1. The van der Waals surface area contributed by atoms with Crippen LogP contribution in [0.2, 0.25) is 5.02 Å². The SMILES string of the molecule is CCCNC1CCC=C(c2n[nH]c3c(Cl)cccc23)C1. The van der Waals surface area contributed by atoms with Crippen LogP contribution < -0.4 is 5.32 Å². The van der Waals surface area contributed by atoms with Gasteiger partial charge in [-0.1, -0.05) is 36.7 Å². The Kier molecular flexibility index (Phi) is 4.08. The molecule has 2 N–H and O–H groups in total. The van der Waals surface area contributed by atoms with Crippen LogP contribution in [0.1, 0.15) is 38.3 Å². The lowest BCUT2D eigenvalue weighted by molar-refractivity contribution is 0.481. The van der Waals surface area contributed by atoms with Gasteiger partial charge in [-0.15, -0.1) is 0 Å². The minimum Gasteiger partial charge on any atom is -0.314 e. The summed E-state index contributed by atoms with van der Waals surface area (Å²) in [7, 11) is 0. The third-order valence-electron chi connectivity index (χ3n) is 3.91. The monoisotopic (exact) mass is 289 g/mol. The average molecular weight is 290 g/mol. The van der Waals surface area contributed by atoms with Gasteiger partial charge in [0.1, 0.15) is 0 Å². The first-order valence-electron chi connectivity index (χ1n) is 7.35. The summed E-state index contributed by atoms with van der Waals surface area (Å²) in [5, 5.41) is 13.0. The first-order chi connectivity index (χ1) is 9.79. The van der Waals surface area contributed by atoms with Gasteiger partial charge in [0.25, 0.3) is 0 Å². The zero-order valence-corrected chi connectivity index (χ0v) is 12.5. The number of allylic oxidation sites excluding steroid dienone is 1. The fourth-order valence-electron chi connectivity index (χ4n) is 2.88. The largest absolute Gasteiger partial charge is 0.314 e. The highest BCUT2D eigenvalue weighted by atomic mass is 35.5. The number of aromatic amines is 1. The maximum absolute atomic E-state index is 6.20. The molecule has 1 aliphatic carbocycles. The number of hydrogen-bond acceptors (Lipinski definition) is 2. The Morgan fingerprint density at radius 1 is 1.45 bits per heavy atom. The van der Waals surface area contributed by atoms with Gasteiger partial charge in [-0.25, -0.2) is 0 Å². The van der Waals surface area contributed by atoms with Gasteiger partial charge >= 0.3 is 0 Å². The normalized spacial score (nSPS) is 19.3. The smallest absolute Gasteiger partial charge is 0.0957 e. The molecule has 1 atom stereocenters. The fraction of sp³-hybridized carbons (Fsp3) is 0.438. The van der Waals surface area contributed by atoms with Crippen molar-refractivity contribution in [3.8, 4) is 0 Å². The molecule has 3 rings (SSSR count). The molecule has 4 heteroatoms. The maximum Gasteiger partial charge on any atom is 0.0957 e. The summed E-state index contributed by atoms with van der Waals surface area (Å²) >= 11 is 6.20. The highest BCUT2D eigenvalue weighted by molar-refractivity contribution is 6.35. The number of H-pyrrole nitrogens is 1. The van der Waals surface area contributed by atoms with Gasteiger partial charge in [0.2, 0.25) is 0 Å². The van der Waals surface area contributed by atoms with E-state index in [1.54, 1.807) is 0 Å². The van der Waals surface area contributed by atoms with E-state index < -0.39 is 0 Å². The summed E-state index contributed by atoms with van der Waals surface area (Å²) in [4.78, 5) is 0. The van der Waals surface area contributed by atoms with Crippen LogP contribution >= 0.6 is 11.6 Å². The molecule has 3 nitrogen and oxygen atoms in total. The number of fused-ring (bicyclic) bond motifs is 1. The summed E-state index contributed by atoms with van der Waals surface area (Å²) < 4.78 is 0. The van der Waals surface area contributed by atoms with Crippen molar-refractivity contribution in [3.63, 3.8) is 0 Å². The minimum atomic E-state index is 0.570. The van der Waals surface area contributed by atoms with E-state index in [1.807, 2.05) is 12.1 Å². The highest BCUT2D eigenvalue weighted by Gasteiger charge is 2.19. The second-order valence-corrected chi connectivity index (χ2v) is 5.80. The molecule has 0 bridgehead atoms. The van der Waals surface area contributed by atoms with Crippen LogP contribution in [-0.2, 0) is 0 Å². The van der Waals surface area contributed by atoms with Crippen LogP contribution in [0.3, 0.4) is 0 Å². The molecule has 0 saturated carbocycles. The standard InChI is InChI=1S/C16H20ClN3/c1-2-9-18-12-6-3-5-11(10-12)15-13-7-4-8-14(17)16(13)20-19-15/h4-5,7-8,12,18H,2-3,6,9-10H2,1H3,(H,19,20). The van der Waals surface area contributed by atoms with Crippen molar-refractivity contribution >= 4 is 28.1 Å². The van der Waals surface area contributed by atoms with Crippen LogP contribution in [-0.4, -0.2) is 22.8 Å². The molecule has 20 heavy (non-hydrogen) atoms. The zero-order valence-electron chi connectivity index (χ0n) is 11.7.